The second kappa shape index (κ2) is 6.08. The van der Waals surface area contributed by atoms with Gasteiger partial charge in [0, 0.05) is 13.2 Å². The highest BCUT2D eigenvalue weighted by molar-refractivity contribution is 5.81. The quantitative estimate of drug-likeness (QED) is 0.614. The minimum Gasteiger partial charge on any atom is -0.396 e. The average Bonchev–Trinajstić information content (AvgIpc) is 2.71. The molecule has 1 saturated carbocycles. The molecule has 1 aliphatic rings. The molecule has 0 bridgehead atoms. The van der Waals surface area contributed by atoms with Gasteiger partial charge in [0.2, 0.25) is 5.91 Å². The number of hydrogen-bond donors (Lipinski definition) is 3. The van der Waals surface area contributed by atoms with Gasteiger partial charge in [-0.1, -0.05) is 13.3 Å². The van der Waals surface area contributed by atoms with Crippen LogP contribution in [-0.2, 0) is 4.79 Å². The van der Waals surface area contributed by atoms with E-state index in [1.54, 1.807) is 0 Å². The minimum absolute atomic E-state index is 0.0684. The number of rotatable bonds is 5. The number of hydrogen-bond acceptors (Lipinski definition) is 3. The van der Waals surface area contributed by atoms with Crippen LogP contribution in [0.2, 0.25) is 0 Å². The third-order valence-corrected chi connectivity index (χ3v) is 3.37. The van der Waals surface area contributed by atoms with Crippen LogP contribution in [0, 0.1) is 11.8 Å². The largest absolute Gasteiger partial charge is 0.396 e. The van der Waals surface area contributed by atoms with Crippen LogP contribution < -0.4 is 11.1 Å². The van der Waals surface area contributed by atoms with Crippen LogP contribution in [0.4, 0.5) is 0 Å². The van der Waals surface area contributed by atoms with Crippen molar-refractivity contribution in [2.45, 2.75) is 38.6 Å². The lowest BCUT2D eigenvalue weighted by Crippen LogP contribution is -2.42. The number of carbonyl (C=O) groups excluding carboxylic acids is 1. The fraction of sp³-hybridized carbons (Fsp3) is 0.909. The molecule has 0 aromatic heterocycles. The van der Waals surface area contributed by atoms with E-state index < -0.39 is 0 Å². The molecule has 0 aromatic carbocycles. The molecule has 0 spiro atoms. The van der Waals surface area contributed by atoms with Crippen LogP contribution in [-0.4, -0.2) is 30.2 Å². The third-order valence-electron chi connectivity index (χ3n) is 3.37. The third kappa shape index (κ3) is 3.47. The fourth-order valence-electron chi connectivity index (χ4n) is 2.17. The normalized spacial score (nSPS) is 27.7. The van der Waals surface area contributed by atoms with E-state index in [9.17, 15) is 4.79 Å². The van der Waals surface area contributed by atoms with Crippen molar-refractivity contribution in [2.24, 2.45) is 17.6 Å². The molecular formula is C11H22N2O2. The number of nitrogens with one attached hydrogen (secondary N) is 1. The zero-order valence-corrected chi connectivity index (χ0v) is 9.41. The molecule has 4 nitrogen and oxygen atoms in total. The first-order valence-corrected chi connectivity index (χ1v) is 5.83. The molecule has 4 heteroatoms. The zero-order valence-electron chi connectivity index (χ0n) is 9.41. The number of aliphatic hydroxyl groups is 1. The Balaban J connectivity index is 2.27. The van der Waals surface area contributed by atoms with Crippen LogP contribution in [0.3, 0.4) is 0 Å². The molecule has 1 amide bonds. The summed E-state index contributed by atoms with van der Waals surface area (Å²) in [4.78, 5) is 11.4. The molecule has 1 aliphatic carbocycles. The lowest BCUT2D eigenvalue weighted by molar-refractivity contribution is -0.122. The Morgan fingerprint density at radius 2 is 2.20 bits per heavy atom. The Labute approximate surface area is 91.2 Å². The van der Waals surface area contributed by atoms with Gasteiger partial charge >= 0.3 is 0 Å². The molecule has 1 rings (SSSR count). The van der Waals surface area contributed by atoms with Gasteiger partial charge in [-0.15, -0.1) is 0 Å². The van der Waals surface area contributed by atoms with Crippen LogP contribution in [0.15, 0.2) is 0 Å². The Bertz CT molecular complexity index is 209. The predicted octanol–water partition coefficient (Wildman–Crippen LogP) is 0.248. The summed E-state index contributed by atoms with van der Waals surface area (Å²) in [6, 6.07) is -0.390. The molecule has 0 saturated heterocycles. The smallest absolute Gasteiger partial charge is 0.236 e. The standard InChI is InChI=1S/C11H22N2O2/c1-2-10(12)11(15)13-6-8-4-3-5-9(8)7-14/h8-10,14H,2-7,12H2,1H3,(H,13,15)/t8?,9?,10-/m0/s1. The van der Waals surface area contributed by atoms with Crippen LogP contribution in [0.5, 0.6) is 0 Å². The highest BCUT2D eigenvalue weighted by Crippen LogP contribution is 2.30. The first-order valence-electron chi connectivity index (χ1n) is 5.83. The summed E-state index contributed by atoms with van der Waals surface area (Å²) in [6.07, 6.45) is 4.01. The number of carbonyl (C=O) groups is 1. The number of amides is 1. The van der Waals surface area contributed by atoms with Gasteiger partial charge in [-0.05, 0) is 31.1 Å². The van der Waals surface area contributed by atoms with Gasteiger partial charge in [0.1, 0.15) is 0 Å². The highest BCUT2D eigenvalue weighted by atomic mass is 16.3. The van der Waals surface area contributed by atoms with Gasteiger partial charge in [0.25, 0.3) is 0 Å². The van der Waals surface area contributed by atoms with Gasteiger partial charge < -0.3 is 16.2 Å². The average molecular weight is 214 g/mol. The molecular weight excluding hydrogens is 192 g/mol. The maximum Gasteiger partial charge on any atom is 0.236 e. The van der Waals surface area contributed by atoms with Crippen molar-refractivity contribution in [1.82, 2.24) is 5.32 Å². The van der Waals surface area contributed by atoms with Crippen molar-refractivity contribution in [1.29, 1.82) is 0 Å². The van der Waals surface area contributed by atoms with E-state index in [0.29, 0.717) is 24.8 Å². The predicted molar refractivity (Wildman–Crippen MR) is 59.2 cm³/mol. The molecule has 3 atom stereocenters. The van der Waals surface area contributed by atoms with Crippen molar-refractivity contribution in [3.8, 4) is 0 Å². The van der Waals surface area contributed by atoms with E-state index >= 15 is 0 Å². The van der Waals surface area contributed by atoms with E-state index in [0.717, 1.165) is 19.3 Å². The molecule has 4 N–H and O–H groups in total. The molecule has 88 valence electrons. The molecule has 1 fully saturated rings. The summed E-state index contributed by atoms with van der Waals surface area (Å²) in [7, 11) is 0. The van der Waals surface area contributed by atoms with Gasteiger partial charge in [0.05, 0.1) is 6.04 Å². The Morgan fingerprint density at radius 1 is 1.53 bits per heavy atom. The Morgan fingerprint density at radius 3 is 2.80 bits per heavy atom. The van der Waals surface area contributed by atoms with Gasteiger partial charge in [0.15, 0.2) is 0 Å². The van der Waals surface area contributed by atoms with E-state index in [-0.39, 0.29) is 18.6 Å². The van der Waals surface area contributed by atoms with Crippen LogP contribution in [0.1, 0.15) is 32.6 Å². The van der Waals surface area contributed by atoms with Gasteiger partial charge in [-0.25, -0.2) is 0 Å². The molecule has 2 unspecified atom stereocenters. The fourth-order valence-corrected chi connectivity index (χ4v) is 2.17. The molecule has 0 aliphatic heterocycles. The monoisotopic (exact) mass is 214 g/mol. The van der Waals surface area contributed by atoms with Gasteiger partial charge in [-0.3, -0.25) is 4.79 Å². The minimum atomic E-state index is -0.390. The Hall–Kier alpha value is -0.610. The molecule has 15 heavy (non-hydrogen) atoms. The molecule has 0 radical (unpaired) electrons. The second-order valence-electron chi connectivity index (χ2n) is 4.39. The summed E-state index contributed by atoms with van der Waals surface area (Å²) in [5, 5.41) is 12.0. The van der Waals surface area contributed by atoms with Crippen molar-refractivity contribution < 1.29 is 9.90 Å². The summed E-state index contributed by atoms with van der Waals surface area (Å²) in [5.74, 6) is 0.729. The van der Waals surface area contributed by atoms with Crippen LogP contribution in [0.25, 0.3) is 0 Å². The number of aliphatic hydroxyl groups excluding tert-OH is 1. The van der Waals surface area contributed by atoms with E-state index in [4.69, 9.17) is 10.8 Å². The summed E-state index contributed by atoms with van der Waals surface area (Å²) >= 11 is 0. The van der Waals surface area contributed by atoms with E-state index in [2.05, 4.69) is 5.32 Å². The summed E-state index contributed by atoms with van der Waals surface area (Å²) in [5.41, 5.74) is 5.61. The zero-order chi connectivity index (χ0) is 11.3. The molecule has 0 heterocycles. The van der Waals surface area contributed by atoms with Crippen molar-refractivity contribution in [3.63, 3.8) is 0 Å². The maximum absolute atomic E-state index is 11.4. The Kier molecular flexibility index (Phi) is 5.05. The van der Waals surface area contributed by atoms with E-state index in [1.807, 2.05) is 6.92 Å². The number of nitrogens with two attached hydrogens (primary N) is 1. The highest BCUT2D eigenvalue weighted by Gasteiger charge is 2.27. The lowest BCUT2D eigenvalue weighted by atomic mass is 9.97. The van der Waals surface area contributed by atoms with E-state index in [1.165, 1.54) is 0 Å². The molecule has 0 aromatic rings. The first kappa shape index (κ1) is 12.5. The maximum atomic E-state index is 11.4. The summed E-state index contributed by atoms with van der Waals surface area (Å²) < 4.78 is 0. The first-order chi connectivity index (χ1) is 7.19. The van der Waals surface area contributed by atoms with Crippen LogP contribution >= 0.6 is 0 Å². The van der Waals surface area contributed by atoms with Crippen molar-refractivity contribution in [3.05, 3.63) is 0 Å². The SMILES string of the molecule is CC[C@H](N)C(=O)NCC1CCCC1CO. The van der Waals surface area contributed by atoms with Crippen molar-refractivity contribution >= 4 is 5.91 Å². The topological polar surface area (TPSA) is 75.4 Å². The second-order valence-corrected chi connectivity index (χ2v) is 4.39. The lowest BCUT2D eigenvalue weighted by Gasteiger charge is -2.19. The summed E-state index contributed by atoms with van der Waals surface area (Å²) in [6.45, 7) is 2.80. The van der Waals surface area contributed by atoms with Crippen molar-refractivity contribution in [2.75, 3.05) is 13.2 Å². The van der Waals surface area contributed by atoms with Gasteiger partial charge in [-0.2, -0.15) is 0 Å².